The highest BCUT2D eigenvalue weighted by Gasteiger charge is 2.19. The summed E-state index contributed by atoms with van der Waals surface area (Å²) in [6.45, 7) is 9.73. The minimum atomic E-state index is -0.324. The lowest BCUT2D eigenvalue weighted by Crippen LogP contribution is -2.47. The molecule has 1 amide bonds. The molecule has 0 fully saturated rings. The molecule has 0 heterocycles. The Morgan fingerprint density at radius 2 is 1.95 bits per heavy atom. The third-order valence-electron chi connectivity index (χ3n) is 2.62. The van der Waals surface area contributed by atoms with Gasteiger partial charge in [0.25, 0.3) is 0 Å². The predicted molar refractivity (Wildman–Crippen MR) is 78.7 cm³/mol. The maximum absolute atomic E-state index is 12.0. The molecule has 4 nitrogen and oxygen atoms in total. The first-order valence-electron chi connectivity index (χ1n) is 6.46. The predicted octanol–water partition coefficient (Wildman–Crippen LogP) is 2.72. The van der Waals surface area contributed by atoms with E-state index in [1.54, 1.807) is 7.11 Å². The molecule has 0 aliphatic heterocycles. The van der Waals surface area contributed by atoms with Gasteiger partial charge in [0.1, 0.15) is 11.8 Å². The Morgan fingerprint density at radius 1 is 1.32 bits per heavy atom. The van der Waals surface area contributed by atoms with E-state index >= 15 is 0 Å². The first-order chi connectivity index (χ1) is 8.73. The van der Waals surface area contributed by atoms with Crippen molar-refractivity contribution in [1.29, 1.82) is 0 Å². The third kappa shape index (κ3) is 4.81. The molecule has 1 rings (SSSR count). The number of nitrogens with one attached hydrogen (secondary N) is 2. The van der Waals surface area contributed by atoms with Gasteiger partial charge in [0.15, 0.2) is 0 Å². The van der Waals surface area contributed by atoms with Crippen LogP contribution < -0.4 is 15.4 Å². The number of hydrogen-bond acceptors (Lipinski definition) is 3. The molecular weight excluding hydrogens is 240 g/mol. The van der Waals surface area contributed by atoms with Crippen LogP contribution in [0.15, 0.2) is 18.2 Å². The van der Waals surface area contributed by atoms with Gasteiger partial charge in [-0.2, -0.15) is 0 Å². The number of rotatable bonds is 4. The van der Waals surface area contributed by atoms with Crippen molar-refractivity contribution in [3.8, 4) is 5.75 Å². The Labute approximate surface area is 115 Å². The van der Waals surface area contributed by atoms with E-state index in [-0.39, 0.29) is 17.5 Å². The molecule has 19 heavy (non-hydrogen) atoms. The van der Waals surface area contributed by atoms with Crippen molar-refractivity contribution < 1.29 is 9.53 Å². The van der Waals surface area contributed by atoms with Crippen molar-refractivity contribution in [2.75, 3.05) is 12.4 Å². The van der Waals surface area contributed by atoms with Crippen LogP contribution in [0.5, 0.6) is 5.75 Å². The summed E-state index contributed by atoms with van der Waals surface area (Å²) in [5.74, 6) is 0.706. The number of carbonyl (C=O) groups is 1. The molecule has 0 radical (unpaired) electrons. The fraction of sp³-hybridized carbons (Fsp3) is 0.533. The molecule has 0 spiro atoms. The molecule has 106 valence electrons. The van der Waals surface area contributed by atoms with Gasteiger partial charge in [0.05, 0.1) is 12.8 Å². The number of ether oxygens (including phenoxy) is 1. The Hall–Kier alpha value is -1.71. The Morgan fingerprint density at radius 3 is 2.47 bits per heavy atom. The fourth-order valence-corrected chi connectivity index (χ4v) is 1.71. The van der Waals surface area contributed by atoms with Gasteiger partial charge in [-0.15, -0.1) is 0 Å². The van der Waals surface area contributed by atoms with Crippen LogP contribution >= 0.6 is 0 Å². The summed E-state index contributed by atoms with van der Waals surface area (Å²) in [4.78, 5) is 12.0. The Bertz CT molecular complexity index is 450. The highest BCUT2D eigenvalue weighted by molar-refractivity contribution is 5.85. The average molecular weight is 264 g/mol. The molecule has 1 aromatic carbocycles. The standard InChI is InChI=1S/C15H24N2O2/c1-10-7-8-13(19-6)12(9-10)16-11(2)14(18)17-15(3,4)5/h7-9,11,16H,1-6H3,(H,17,18). The lowest BCUT2D eigenvalue weighted by Gasteiger charge is -2.24. The molecule has 2 N–H and O–H groups in total. The van der Waals surface area contributed by atoms with E-state index in [9.17, 15) is 4.79 Å². The SMILES string of the molecule is COc1ccc(C)cc1NC(C)C(=O)NC(C)(C)C. The second-order valence-electron chi connectivity index (χ2n) is 5.81. The average Bonchev–Trinajstić information content (AvgIpc) is 2.27. The van der Waals surface area contributed by atoms with E-state index in [4.69, 9.17) is 4.74 Å². The van der Waals surface area contributed by atoms with Gasteiger partial charge in [-0.05, 0) is 52.3 Å². The van der Waals surface area contributed by atoms with Crippen molar-refractivity contribution in [2.24, 2.45) is 0 Å². The first kappa shape index (κ1) is 15.3. The van der Waals surface area contributed by atoms with Gasteiger partial charge in [-0.25, -0.2) is 0 Å². The topological polar surface area (TPSA) is 50.4 Å². The first-order valence-corrected chi connectivity index (χ1v) is 6.46. The number of anilines is 1. The molecule has 0 aliphatic rings. The monoisotopic (exact) mass is 264 g/mol. The number of methoxy groups -OCH3 is 1. The van der Waals surface area contributed by atoms with Gasteiger partial charge in [-0.3, -0.25) is 4.79 Å². The fourth-order valence-electron chi connectivity index (χ4n) is 1.71. The number of aryl methyl sites for hydroxylation is 1. The van der Waals surface area contributed by atoms with E-state index in [1.165, 1.54) is 0 Å². The normalized spacial score (nSPS) is 12.7. The zero-order valence-corrected chi connectivity index (χ0v) is 12.6. The van der Waals surface area contributed by atoms with E-state index in [0.29, 0.717) is 0 Å². The summed E-state index contributed by atoms with van der Waals surface area (Å²) >= 11 is 0. The van der Waals surface area contributed by atoms with Crippen LogP contribution in [0.2, 0.25) is 0 Å². The van der Waals surface area contributed by atoms with Gasteiger partial charge < -0.3 is 15.4 Å². The van der Waals surface area contributed by atoms with Crippen LogP contribution in [-0.4, -0.2) is 24.6 Å². The van der Waals surface area contributed by atoms with Crippen molar-refractivity contribution >= 4 is 11.6 Å². The summed E-state index contributed by atoms with van der Waals surface area (Å²) in [6, 6.07) is 5.52. The molecule has 4 heteroatoms. The highest BCUT2D eigenvalue weighted by atomic mass is 16.5. The number of amides is 1. The molecule has 0 aliphatic carbocycles. The zero-order chi connectivity index (χ0) is 14.6. The second kappa shape index (κ2) is 5.95. The third-order valence-corrected chi connectivity index (χ3v) is 2.62. The van der Waals surface area contributed by atoms with E-state index < -0.39 is 0 Å². The zero-order valence-electron chi connectivity index (χ0n) is 12.6. The maximum atomic E-state index is 12.0. The molecule has 0 saturated heterocycles. The summed E-state index contributed by atoms with van der Waals surface area (Å²) in [6.07, 6.45) is 0. The van der Waals surface area contributed by atoms with Gasteiger partial charge >= 0.3 is 0 Å². The summed E-state index contributed by atoms with van der Waals surface area (Å²) in [5, 5.41) is 6.14. The van der Waals surface area contributed by atoms with Crippen molar-refractivity contribution in [3.05, 3.63) is 23.8 Å². The van der Waals surface area contributed by atoms with Crippen molar-refractivity contribution in [1.82, 2.24) is 5.32 Å². The van der Waals surface area contributed by atoms with Gasteiger partial charge in [0.2, 0.25) is 5.91 Å². The highest BCUT2D eigenvalue weighted by Crippen LogP contribution is 2.25. The smallest absolute Gasteiger partial charge is 0.242 e. The molecule has 0 aromatic heterocycles. The lowest BCUT2D eigenvalue weighted by molar-refractivity contribution is -0.122. The number of benzene rings is 1. The molecule has 1 unspecified atom stereocenters. The van der Waals surface area contributed by atoms with Gasteiger partial charge in [-0.1, -0.05) is 6.07 Å². The number of carbonyl (C=O) groups excluding carboxylic acids is 1. The molecule has 1 aromatic rings. The quantitative estimate of drug-likeness (QED) is 0.879. The maximum Gasteiger partial charge on any atom is 0.242 e. The number of hydrogen-bond donors (Lipinski definition) is 2. The minimum Gasteiger partial charge on any atom is -0.495 e. The lowest BCUT2D eigenvalue weighted by atomic mass is 10.1. The van der Waals surface area contributed by atoms with Crippen LogP contribution in [0.25, 0.3) is 0 Å². The molecule has 1 atom stereocenters. The van der Waals surface area contributed by atoms with E-state index in [0.717, 1.165) is 17.0 Å². The summed E-state index contributed by atoms with van der Waals surface area (Å²) in [7, 11) is 1.62. The van der Waals surface area contributed by atoms with E-state index in [1.807, 2.05) is 52.8 Å². The van der Waals surface area contributed by atoms with Crippen LogP contribution in [0.3, 0.4) is 0 Å². The van der Waals surface area contributed by atoms with Crippen LogP contribution in [-0.2, 0) is 4.79 Å². The van der Waals surface area contributed by atoms with Gasteiger partial charge in [0, 0.05) is 5.54 Å². The van der Waals surface area contributed by atoms with Crippen LogP contribution in [0.4, 0.5) is 5.69 Å². The second-order valence-corrected chi connectivity index (χ2v) is 5.81. The Balaban J connectivity index is 2.79. The molecule has 0 bridgehead atoms. The van der Waals surface area contributed by atoms with E-state index in [2.05, 4.69) is 10.6 Å². The molecular formula is C15H24N2O2. The van der Waals surface area contributed by atoms with Crippen LogP contribution in [0, 0.1) is 6.92 Å². The van der Waals surface area contributed by atoms with Crippen molar-refractivity contribution in [2.45, 2.75) is 46.2 Å². The molecule has 0 saturated carbocycles. The van der Waals surface area contributed by atoms with Crippen molar-refractivity contribution in [3.63, 3.8) is 0 Å². The van der Waals surface area contributed by atoms with Crippen LogP contribution in [0.1, 0.15) is 33.3 Å². The Kier molecular flexibility index (Phi) is 4.81. The summed E-state index contributed by atoms with van der Waals surface area (Å²) < 4.78 is 5.29. The summed E-state index contributed by atoms with van der Waals surface area (Å²) in [5.41, 5.74) is 1.72. The minimum absolute atomic E-state index is 0.0314. The largest absolute Gasteiger partial charge is 0.495 e.